The van der Waals surface area contributed by atoms with Crippen molar-refractivity contribution in [3.05, 3.63) is 48.4 Å². The third kappa shape index (κ3) is 10.5. The molecule has 2 aromatic rings. The van der Waals surface area contributed by atoms with Gasteiger partial charge in [0.1, 0.15) is 23.7 Å². The van der Waals surface area contributed by atoms with E-state index in [4.69, 9.17) is 9.47 Å². The standard InChI is InChI=1S/C29H42N6O6/c1-28(2,3)41-27(39)33-29(4,5)26(38)31-22(19-40-18-21-12-8-6-9-13-21)25(37)32-23-16-34(20-30-23)17-24(36)35-14-10-7-11-15-35/h6,8-9,12-13,16,20,22H,7,10-11,14-15,17-19H2,1-5H3,(H,31,38)(H,32,37)(H,33,39). The number of alkyl carbamates (subject to hydrolysis) is 1. The highest BCUT2D eigenvalue weighted by Gasteiger charge is 2.34. The molecule has 1 unspecified atom stereocenters. The smallest absolute Gasteiger partial charge is 0.408 e. The van der Waals surface area contributed by atoms with Crippen molar-refractivity contribution in [3.8, 4) is 0 Å². The van der Waals surface area contributed by atoms with Gasteiger partial charge in [0, 0.05) is 19.3 Å². The lowest BCUT2D eigenvalue weighted by Gasteiger charge is -2.29. The molecular weight excluding hydrogens is 528 g/mol. The fourth-order valence-corrected chi connectivity index (χ4v) is 4.13. The fraction of sp³-hybridized carbons (Fsp3) is 0.552. The van der Waals surface area contributed by atoms with Crippen LogP contribution in [0.5, 0.6) is 0 Å². The molecule has 2 heterocycles. The van der Waals surface area contributed by atoms with E-state index in [2.05, 4.69) is 20.9 Å². The lowest BCUT2D eigenvalue weighted by Crippen LogP contribution is -2.59. The molecule has 1 aromatic heterocycles. The summed E-state index contributed by atoms with van der Waals surface area (Å²) in [5.41, 5.74) is -1.23. The second-order valence-corrected chi connectivity index (χ2v) is 11.6. The van der Waals surface area contributed by atoms with Gasteiger partial charge in [-0.15, -0.1) is 0 Å². The Morgan fingerprint density at radius 2 is 1.68 bits per heavy atom. The van der Waals surface area contributed by atoms with Gasteiger partial charge in [0.2, 0.25) is 11.8 Å². The Morgan fingerprint density at radius 1 is 1.00 bits per heavy atom. The zero-order chi connectivity index (χ0) is 30.0. The number of aromatic nitrogens is 2. The first-order valence-electron chi connectivity index (χ1n) is 13.9. The summed E-state index contributed by atoms with van der Waals surface area (Å²) >= 11 is 0. The molecule has 1 fully saturated rings. The Balaban J connectivity index is 1.64. The molecule has 0 aliphatic carbocycles. The van der Waals surface area contributed by atoms with Crippen LogP contribution in [-0.2, 0) is 37.0 Å². The molecule has 0 saturated carbocycles. The number of imidazole rings is 1. The van der Waals surface area contributed by atoms with Crippen molar-refractivity contribution in [2.75, 3.05) is 25.0 Å². The van der Waals surface area contributed by atoms with Crippen LogP contribution in [0.4, 0.5) is 10.6 Å². The molecule has 1 saturated heterocycles. The highest BCUT2D eigenvalue weighted by Crippen LogP contribution is 2.13. The lowest BCUT2D eigenvalue weighted by atomic mass is 10.0. The van der Waals surface area contributed by atoms with Crippen molar-refractivity contribution in [2.45, 2.75) is 84.2 Å². The van der Waals surface area contributed by atoms with Crippen LogP contribution in [0.15, 0.2) is 42.9 Å². The minimum absolute atomic E-state index is 0.000790. The molecule has 0 radical (unpaired) electrons. The number of ether oxygens (including phenoxy) is 2. The molecule has 12 nitrogen and oxygen atoms in total. The van der Waals surface area contributed by atoms with Crippen molar-refractivity contribution in [1.82, 2.24) is 25.1 Å². The van der Waals surface area contributed by atoms with Gasteiger partial charge in [-0.05, 0) is 59.4 Å². The molecule has 3 rings (SSSR count). The zero-order valence-electron chi connectivity index (χ0n) is 24.6. The Kier molecular flexibility index (Phi) is 10.9. The fourth-order valence-electron chi connectivity index (χ4n) is 4.13. The number of hydrogen-bond donors (Lipinski definition) is 3. The summed E-state index contributed by atoms with van der Waals surface area (Å²) in [5, 5.41) is 7.90. The van der Waals surface area contributed by atoms with Gasteiger partial charge in [-0.1, -0.05) is 30.3 Å². The van der Waals surface area contributed by atoms with Crippen LogP contribution < -0.4 is 16.0 Å². The monoisotopic (exact) mass is 570 g/mol. The van der Waals surface area contributed by atoms with Gasteiger partial charge in [0.25, 0.3) is 5.91 Å². The Bertz CT molecular complexity index is 1180. The van der Waals surface area contributed by atoms with Crippen LogP contribution in [0.1, 0.15) is 59.4 Å². The second-order valence-electron chi connectivity index (χ2n) is 11.6. The van der Waals surface area contributed by atoms with Crippen LogP contribution in [0.2, 0.25) is 0 Å². The molecule has 4 amide bonds. The number of carbonyl (C=O) groups is 4. The van der Waals surface area contributed by atoms with Gasteiger partial charge >= 0.3 is 6.09 Å². The highest BCUT2D eigenvalue weighted by molar-refractivity contribution is 5.98. The van der Waals surface area contributed by atoms with E-state index in [0.717, 1.165) is 37.9 Å². The number of nitrogens with zero attached hydrogens (tertiary/aromatic N) is 3. The van der Waals surface area contributed by atoms with Gasteiger partial charge in [-0.2, -0.15) is 0 Å². The van der Waals surface area contributed by atoms with E-state index in [0.29, 0.717) is 0 Å². The zero-order valence-corrected chi connectivity index (χ0v) is 24.6. The number of rotatable bonds is 11. The van der Waals surface area contributed by atoms with Crippen LogP contribution in [0.3, 0.4) is 0 Å². The van der Waals surface area contributed by atoms with Crippen molar-refractivity contribution in [3.63, 3.8) is 0 Å². The van der Waals surface area contributed by atoms with Crippen LogP contribution >= 0.6 is 0 Å². The first-order chi connectivity index (χ1) is 19.3. The molecule has 224 valence electrons. The molecule has 1 aromatic carbocycles. The van der Waals surface area contributed by atoms with Crippen LogP contribution in [0.25, 0.3) is 0 Å². The molecule has 3 N–H and O–H groups in total. The summed E-state index contributed by atoms with van der Waals surface area (Å²) in [7, 11) is 0. The van der Waals surface area contributed by atoms with Crippen LogP contribution in [-0.4, -0.2) is 75.1 Å². The van der Waals surface area contributed by atoms with Gasteiger partial charge in [0.05, 0.1) is 19.5 Å². The Hall–Kier alpha value is -3.93. The summed E-state index contributed by atoms with van der Waals surface area (Å²) in [6, 6.07) is 8.31. The molecule has 0 spiro atoms. The first kappa shape index (κ1) is 31.6. The van der Waals surface area contributed by atoms with Gasteiger partial charge in [-0.3, -0.25) is 14.4 Å². The number of amides is 4. The molecular formula is C29H42N6O6. The minimum atomic E-state index is -1.39. The summed E-state index contributed by atoms with van der Waals surface area (Å²) in [4.78, 5) is 57.4. The highest BCUT2D eigenvalue weighted by atomic mass is 16.6. The average Bonchev–Trinajstić information content (AvgIpc) is 3.34. The number of likely N-dealkylation sites (tertiary alicyclic amines) is 1. The molecule has 12 heteroatoms. The van der Waals surface area contributed by atoms with Gasteiger partial charge < -0.3 is 34.9 Å². The van der Waals surface area contributed by atoms with Crippen LogP contribution in [0, 0.1) is 0 Å². The van der Waals surface area contributed by atoms with Gasteiger partial charge in [-0.25, -0.2) is 9.78 Å². The normalized spacial score (nSPS) is 14.6. The van der Waals surface area contributed by atoms with E-state index < -0.39 is 35.1 Å². The molecule has 41 heavy (non-hydrogen) atoms. The van der Waals surface area contributed by atoms with Crippen molar-refractivity contribution < 1.29 is 28.7 Å². The molecule has 1 aliphatic heterocycles. The Labute approximate surface area is 241 Å². The number of benzene rings is 1. The van der Waals surface area contributed by atoms with E-state index in [-0.39, 0.29) is 31.5 Å². The average molecular weight is 571 g/mol. The van der Waals surface area contributed by atoms with E-state index in [1.165, 1.54) is 20.2 Å². The van der Waals surface area contributed by atoms with Crippen molar-refractivity contribution in [1.29, 1.82) is 0 Å². The number of piperidine rings is 1. The van der Waals surface area contributed by atoms with Gasteiger partial charge in [0.15, 0.2) is 5.82 Å². The number of anilines is 1. The predicted octanol–water partition coefficient (Wildman–Crippen LogP) is 2.84. The van der Waals surface area contributed by atoms with E-state index >= 15 is 0 Å². The lowest BCUT2D eigenvalue weighted by molar-refractivity contribution is -0.132. The largest absolute Gasteiger partial charge is 0.444 e. The maximum absolute atomic E-state index is 13.3. The SMILES string of the molecule is CC(C)(C)OC(=O)NC(C)(C)C(=O)NC(COCc1ccccc1)C(=O)Nc1cn(CC(=O)N2CCCCC2)cn1. The van der Waals surface area contributed by atoms with Crippen molar-refractivity contribution in [2.24, 2.45) is 0 Å². The third-order valence-corrected chi connectivity index (χ3v) is 6.31. The molecule has 1 aliphatic rings. The quantitative estimate of drug-likeness (QED) is 0.377. The molecule has 1 atom stereocenters. The Morgan fingerprint density at radius 3 is 2.34 bits per heavy atom. The third-order valence-electron chi connectivity index (χ3n) is 6.31. The maximum Gasteiger partial charge on any atom is 0.408 e. The molecule has 0 bridgehead atoms. The number of nitrogens with one attached hydrogen (secondary N) is 3. The maximum atomic E-state index is 13.3. The summed E-state index contributed by atoms with van der Waals surface area (Å²) in [6.45, 7) is 9.88. The summed E-state index contributed by atoms with van der Waals surface area (Å²) < 4.78 is 12.6. The predicted molar refractivity (Wildman–Crippen MR) is 153 cm³/mol. The summed E-state index contributed by atoms with van der Waals surface area (Å²) in [6.07, 6.45) is 5.42. The van der Waals surface area contributed by atoms with Crippen molar-refractivity contribution >= 4 is 29.6 Å². The number of hydrogen-bond acceptors (Lipinski definition) is 7. The second kappa shape index (κ2) is 14.1. The summed E-state index contributed by atoms with van der Waals surface area (Å²) in [5.74, 6) is -0.939. The van der Waals surface area contributed by atoms with E-state index in [9.17, 15) is 19.2 Å². The first-order valence-corrected chi connectivity index (χ1v) is 13.9. The van der Waals surface area contributed by atoms with E-state index in [1.54, 1.807) is 31.5 Å². The minimum Gasteiger partial charge on any atom is -0.444 e. The van der Waals surface area contributed by atoms with E-state index in [1.807, 2.05) is 35.2 Å². The topological polar surface area (TPSA) is 144 Å². The number of carbonyl (C=O) groups excluding carboxylic acids is 4.